The standard InChI is InChI=1S/C15H23N3O2/c1-12-7-6-8-13(18(19)20)14(12)16-11-15(17(2)3)9-4-5-10-15/h6-8,16H,4-5,9-11H2,1-3H3. The van der Waals surface area contributed by atoms with Gasteiger partial charge in [0, 0.05) is 18.2 Å². The zero-order valence-corrected chi connectivity index (χ0v) is 12.5. The van der Waals surface area contributed by atoms with Crippen LogP contribution in [0.2, 0.25) is 0 Å². The molecule has 0 atom stereocenters. The maximum absolute atomic E-state index is 11.1. The minimum Gasteiger partial charge on any atom is -0.377 e. The molecule has 1 aliphatic rings. The van der Waals surface area contributed by atoms with Gasteiger partial charge in [-0.15, -0.1) is 0 Å². The van der Waals surface area contributed by atoms with E-state index in [4.69, 9.17) is 0 Å². The number of rotatable bonds is 5. The Morgan fingerprint density at radius 1 is 1.35 bits per heavy atom. The lowest BCUT2D eigenvalue weighted by Crippen LogP contribution is -2.47. The van der Waals surface area contributed by atoms with Crippen LogP contribution in [0, 0.1) is 17.0 Å². The summed E-state index contributed by atoms with van der Waals surface area (Å²) in [4.78, 5) is 13.1. The van der Waals surface area contributed by atoms with E-state index in [1.807, 2.05) is 13.0 Å². The summed E-state index contributed by atoms with van der Waals surface area (Å²) in [6, 6.07) is 5.20. The van der Waals surface area contributed by atoms with Crippen LogP contribution in [0.5, 0.6) is 0 Å². The first kappa shape index (κ1) is 14.8. The first-order chi connectivity index (χ1) is 9.46. The number of anilines is 1. The van der Waals surface area contributed by atoms with Crippen LogP contribution in [-0.4, -0.2) is 36.0 Å². The van der Waals surface area contributed by atoms with Crippen LogP contribution >= 0.6 is 0 Å². The average molecular weight is 277 g/mol. The number of hydrogen-bond acceptors (Lipinski definition) is 4. The summed E-state index contributed by atoms with van der Waals surface area (Å²) in [7, 11) is 4.19. The third-order valence-corrected chi connectivity index (χ3v) is 4.52. The number of nitrogens with zero attached hydrogens (tertiary/aromatic N) is 2. The third-order valence-electron chi connectivity index (χ3n) is 4.52. The Hall–Kier alpha value is -1.62. The molecule has 1 aromatic rings. The number of para-hydroxylation sites is 1. The van der Waals surface area contributed by atoms with Crippen molar-refractivity contribution in [1.82, 2.24) is 4.90 Å². The second-order valence-corrected chi connectivity index (χ2v) is 5.91. The molecule has 0 aliphatic heterocycles. The predicted molar refractivity (Wildman–Crippen MR) is 81.2 cm³/mol. The smallest absolute Gasteiger partial charge is 0.292 e. The van der Waals surface area contributed by atoms with E-state index in [-0.39, 0.29) is 16.1 Å². The summed E-state index contributed by atoms with van der Waals surface area (Å²) < 4.78 is 0. The average Bonchev–Trinajstić information content (AvgIpc) is 2.87. The van der Waals surface area contributed by atoms with Crippen molar-refractivity contribution in [3.05, 3.63) is 33.9 Å². The van der Waals surface area contributed by atoms with Crippen molar-refractivity contribution in [2.45, 2.75) is 38.1 Å². The van der Waals surface area contributed by atoms with Gasteiger partial charge in [-0.1, -0.05) is 25.0 Å². The maximum Gasteiger partial charge on any atom is 0.292 e. The van der Waals surface area contributed by atoms with Crippen LogP contribution < -0.4 is 5.32 Å². The summed E-state index contributed by atoms with van der Waals surface area (Å²) in [6.07, 6.45) is 4.75. The molecule has 0 amide bonds. The molecule has 110 valence electrons. The molecule has 0 unspecified atom stereocenters. The fourth-order valence-electron chi connectivity index (χ4n) is 3.10. The summed E-state index contributed by atoms with van der Waals surface area (Å²) in [5.74, 6) is 0. The molecular weight excluding hydrogens is 254 g/mol. The lowest BCUT2D eigenvalue weighted by atomic mass is 9.95. The second kappa shape index (κ2) is 5.79. The van der Waals surface area contributed by atoms with E-state index in [0.29, 0.717) is 5.69 Å². The molecule has 5 nitrogen and oxygen atoms in total. The van der Waals surface area contributed by atoms with E-state index in [0.717, 1.165) is 24.9 Å². The van der Waals surface area contributed by atoms with Gasteiger partial charge in [-0.2, -0.15) is 0 Å². The lowest BCUT2D eigenvalue weighted by Gasteiger charge is -2.36. The topological polar surface area (TPSA) is 58.4 Å². The van der Waals surface area contributed by atoms with Gasteiger partial charge in [-0.25, -0.2) is 0 Å². The van der Waals surface area contributed by atoms with Crippen LogP contribution in [0.1, 0.15) is 31.2 Å². The summed E-state index contributed by atoms with van der Waals surface area (Å²) in [5.41, 5.74) is 1.87. The van der Waals surface area contributed by atoms with E-state index < -0.39 is 0 Å². The number of nitro groups is 1. The van der Waals surface area contributed by atoms with Gasteiger partial charge in [0.15, 0.2) is 0 Å². The van der Waals surface area contributed by atoms with Gasteiger partial charge in [0.1, 0.15) is 5.69 Å². The zero-order chi connectivity index (χ0) is 14.8. The molecule has 0 radical (unpaired) electrons. The normalized spacial score (nSPS) is 17.4. The highest BCUT2D eigenvalue weighted by atomic mass is 16.6. The molecule has 1 aromatic carbocycles. The van der Waals surface area contributed by atoms with Crippen LogP contribution in [0.3, 0.4) is 0 Å². The second-order valence-electron chi connectivity index (χ2n) is 5.91. The van der Waals surface area contributed by atoms with E-state index in [1.54, 1.807) is 12.1 Å². The van der Waals surface area contributed by atoms with Gasteiger partial charge in [-0.05, 0) is 39.4 Å². The van der Waals surface area contributed by atoms with Crippen LogP contribution in [0.25, 0.3) is 0 Å². The molecule has 1 N–H and O–H groups in total. The molecular formula is C15H23N3O2. The van der Waals surface area contributed by atoms with Gasteiger partial charge in [-0.3, -0.25) is 10.1 Å². The number of hydrogen-bond donors (Lipinski definition) is 1. The minimum absolute atomic E-state index is 0.121. The number of nitrogens with one attached hydrogen (secondary N) is 1. The quantitative estimate of drug-likeness (QED) is 0.663. The third kappa shape index (κ3) is 2.77. The Bertz CT molecular complexity index is 494. The fraction of sp³-hybridized carbons (Fsp3) is 0.600. The Kier molecular flexibility index (Phi) is 4.28. The maximum atomic E-state index is 11.1. The van der Waals surface area contributed by atoms with Crippen molar-refractivity contribution in [2.24, 2.45) is 0 Å². The Balaban J connectivity index is 2.20. The predicted octanol–water partition coefficient (Wildman–Crippen LogP) is 3.19. The highest BCUT2D eigenvalue weighted by Gasteiger charge is 2.36. The SMILES string of the molecule is Cc1cccc([N+](=O)[O-])c1NCC1(N(C)C)CCCC1. The highest BCUT2D eigenvalue weighted by Crippen LogP contribution is 2.35. The summed E-state index contributed by atoms with van der Waals surface area (Å²) in [5, 5.41) is 14.5. The van der Waals surface area contributed by atoms with Crippen molar-refractivity contribution in [3.8, 4) is 0 Å². The molecule has 1 aliphatic carbocycles. The number of nitro benzene ring substituents is 1. The first-order valence-electron chi connectivity index (χ1n) is 7.12. The lowest BCUT2D eigenvalue weighted by molar-refractivity contribution is -0.384. The fourth-order valence-corrected chi connectivity index (χ4v) is 3.10. The van der Waals surface area contributed by atoms with Crippen molar-refractivity contribution < 1.29 is 4.92 Å². The van der Waals surface area contributed by atoms with E-state index in [2.05, 4.69) is 24.3 Å². The van der Waals surface area contributed by atoms with Gasteiger partial charge in [0.05, 0.1) is 4.92 Å². The molecule has 2 rings (SSSR count). The van der Waals surface area contributed by atoms with Crippen molar-refractivity contribution in [1.29, 1.82) is 0 Å². The molecule has 0 heterocycles. The summed E-state index contributed by atoms with van der Waals surface area (Å²) >= 11 is 0. The molecule has 0 bridgehead atoms. The molecule has 20 heavy (non-hydrogen) atoms. The molecule has 5 heteroatoms. The summed E-state index contributed by atoms with van der Waals surface area (Å²) in [6.45, 7) is 2.66. The zero-order valence-electron chi connectivity index (χ0n) is 12.5. The Morgan fingerprint density at radius 2 is 2.00 bits per heavy atom. The highest BCUT2D eigenvalue weighted by molar-refractivity contribution is 5.66. The number of likely N-dealkylation sites (N-methyl/N-ethyl adjacent to an activating group) is 1. The van der Waals surface area contributed by atoms with E-state index in [9.17, 15) is 10.1 Å². The van der Waals surface area contributed by atoms with Gasteiger partial charge >= 0.3 is 0 Å². The van der Waals surface area contributed by atoms with E-state index in [1.165, 1.54) is 12.8 Å². The monoisotopic (exact) mass is 277 g/mol. The molecule has 1 saturated carbocycles. The van der Waals surface area contributed by atoms with Crippen molar-refractivity contribution >= 4 is 11.4 Å². The molecule has 0 aromatic heterocycles. The Morgan fingerprint density at radius 3 is 2.55 bits per heavy atom. The van der Waals surface area contributed by atoms with Crippen LogP contribution in [0.4, 0.5) is 11.4 Å². The molecule has 1 fully saturated rings. The van der Waals surface area contributed by atoms with Gasteiger partial charge < -0.3 is 10.2 Å². The van der Waals surface area contributed by atoms with Crippen molar-refractivity contribution in [2.75, 3.05) is 26.0 Å². The van der Waals surface area contributed by atoms with Crippen LogP contribution in [-0.2, 0) is 0 Å². The van der Waals surface area contributed by atoms with Crippen LogP contribution in [0.15, 0.2) is 18.2 Å². The molecule has 0 saturated heterocycles. The molecule has 0 spiro atoms. The van der Waals surface area contributed by atoms with Gasteiger partial charge in [0.2, 0.25) is 0 Å². The largest absolute Gasteiger partial charge is 0.377 e. The van der Waals surface area contributed by atoms with Crippen molar-refractivity contribution in [3.63, 3.8) is 0 Å². The van der Waals surface area contributed by atoms with E-state index >= 15 is 0 Å². The number of aryl methyl sites for hydroxylation is 1. The number of benzene rings is 1. The van der Waals surface area contributed by atoms with Gasteiger partial charge in [0.25, 0.3) is 5.69 Å². The minimum atomic E-state index is -0.313. The first-order valence-corrected chi connectivity index (χ1v) is 7.12. The Labute approximate surface area is 120 Å².